The molecule has 4 rings (SSSR count). The Hall–Kier alpha value is -2.96. The predicted octanol–water partition coefficient (Wildman–Crippen LogP) is -13.3. The number of ether oxygens (including phenoxy) is 4. The SMILES string of the molecule is CC(=O)N[C@@H]1C(O)O[C@H](CO)[C@@H](O)[C@@H]1O.CC(=O)N[C@H]1C(O)O[C@H](CO)[C@@H](O)[C@@H]1O.CC(=O)N[C@H]1C(O)O[C@H](CO)[C@H](O)[C@@H]1O.O=C(CO)N[C@H]1C(O)O[C@H](CO)[C@@H](O)[C@@H]1O. The maximum absolute atomic E-state index is 10.9. The number of carbonyl (C=O) groups excluding carboxylic acids is 4. The molecule has 0 bridgehead atoms. The van der Waals surface area contributed by atoms with Gasteiger partial charge < -0.3 is 127 Å². The Bertz CT molecular complexity index is 1230. The number of nitrogens with one attached hydrogen (secondary N) is 4. The van der Waals surface area contributed by atoms with Gasteiger partial charge >= 0.3 is 0 Å². The zero-order valence-electron chi connectivity index (χ0n) is 33.0. The summed E-state index contributed by atoms with van der Waals surface area (Å²) in [4.78, 5) is 43.1. The summed E-state index contributed by atoms with van der Waals surface area (Å²) in [6.45, 7) is 0.676. The lowest BCUT2D eigenvalue weighted by Crippen LogP contribution is -2.64. The van der Waals surface area contributed by atoms with E-state index < -0.39 is 179 Å². The van der Waals surface area contributed by atoms with Gasteiger partial charge in [-0.1, -0.05) is 0 Å². The molecule has 21 N–H and O–H groups in total. The topological polar surface area (TPSA) is 497 Å². The second kappa shape index (κ2) is 26.6. The van der Waals surface area contributed by atoms with Crippen molar-refractivity contribution in [2.24, 2.45) is 0 Å². The van der Waals surface area contributed by atoms with Crippen molar-refractivity contribution in [2.75, 3.05) is 33.0 Å². The average Bonchev–Trinajstić information content (AvgIpc) is 3.21. The largest absolute Gasteiger partial charge is 0.394 e. The summed E-state index contributed by atoms with van der Waals surface area (Å²) in [6.07, 6.45) is -21.3. The van der Waals surface area contributed by atoms with Gasteiger partial charge in [-0.05, 0) is 0 Å². The van der Waals surface area contributed by atoms with Crippen molar-refractivity contribution in [3.63, 3.8) is 0 Å². The van der Waals surface area contributed by atoms with Crippen molar-refractivity contribution >= 4 is 23.6 Å². The molecule has 0 radical (unpaired) electrons. The third-order valence-electron chi connectivity index (χ3n) is 9.18. The maximum atomic E-state index is 10.9. The van der Waals surface area contributed by atoms with E-state index in [2.05, 4.69) is 21.3 Å². The zero-order chi connectivity index (χ0) is 47.0. The molecule has 29 heteroatoms. The van der Waals surface area contributed by atoms with E-state index in [9.17, 15) is 80.5 Å². The minimum absolute atomic E-state index is 0.462. The number of aliphatic hydroxyl groups is 17. The van der Waals surface area contributed by atoms with Crippen molar-refractivity contribution in [3.05, 3.63) is 0 Å². The zero-order valence-corrected chi connectivity index (χ0v) is 33.0. The highest BCUT2D eigenvalue weighted by molar-refractivity contribution is 5.77. The molecule has 0 aliphatic carbocycles. The van der Waals surface area contributed by atoms with Crippen LogP contribution in [-0.2, 0) is 38.1 Å². The van der Waals surface area contributed by atoms with Gasteiger partial charge in [0.25, 0.3) is 0 Å². The first-order chi connectivity index (χ1) is 28.4. The molecule has 29 nitrogen and oxygen atoms in total. The van der Waals surface area contributed by atoms with Gasteiger partial charge in [-0.3, -0.25) is 19.2 Å². The van der Waals surface area contributed by atoms with Gasteiger partial charge in [0.2, 0.25) is 23.6 Å². The number of carbonyl (C=O) groups is 4. The molecule has 20 atom stereocenters. The van der Waals surface area contributed by atoms with Crippen LogP contribution in [0.1, 0.15) is 20.8 Å². The first kappa shape index (κ1) is 56.1. The minimum atomic E-state index is -1.56. The van der Waals surface area contributed by atoms with E-state index in [1.54, 1.807) is 0 Å². The van der Waals surface area contributed by atoms with Crippen LogP contribution in [0.5, 0.6) is 0 Å². The number of hydrogen-bond acceptors (Lipinski definition) is 25. The van der Waals surface area contributed by atoms with Crippen LogP contribution in [0.2, 0.25) is 0 Å². The van der Waals surface area contributed by atoms with Gasteiger partial charge in [-0.2, -0.15) is 0 Å². The average molecular weight is 901 g/mol. The van der Waals surface area contributed by atoms with Gasteiger partial charge in [-0.25, -0.2) is 0 Å². The van der Waals surface area contributed by atoms with Crippen LogP contribution in [0.15, 0.2) is 0 Å². The molecule has 4 heterocycles. The van der Waals surface area contributed by atoms with E-state index in [1.807, 2.05) is 0 Å². The van der Waals surface area contributed by atoms with Crippen molar-refractivity contribution in [1.29, 1.82) is 0 Å². The van der Waals surface area contributed by atoms with Gasteiger partial charge in [0.15, 0.2) is 25.2 Å². The Morgan fingerprint density at radius 1 is 0.361 bits per heavy atom. The number of rotatable bonds is 9. The van der Waals surface area contributed by atoms with Crippen molar-refractivity contribution in [3.8, 4) is 0 Å². The smallest absolute Gasteiger partial charge is 0.246 e. The fraction of sp³-hybridized carbons (Fsp3) is 0.875. The molecule has 0 aromatic carbocycles. The summed E-state index contributed by atoms with van der Waals surface area (Å²) < 4.78 is 19.2. The molecule has 4 aliphatic rings. The van der Waals surface area contributed by atoms with Crippen LogP contribution in [0, 0.1) is 0 Å². The van der Waals surface area contributed by atoms with Gasteiger partial charge in [0, 0.05) is 20.8 Å². The molecule has 4 unspecified atom stereocenters. The summed E-state index contributed by atoms with van der Waals surface area (Å²) in [6, 6.07) is -4.54. The highest BCUT2D eigenvalue weighted by Crippen LogP contribution is 2.22. The fourth-order valence-corrected chi connectivity index (χ4v) is 5.95. The van der Waals surface area contributed by atoms with Crippen LogP contribution < -0.4 is 21.3 Å². The van der Waals surface area contributed by atoms with E-state index >= 15 is 0 Å². The molecular formula is C32H60N4O25. The minimum Gasteiger partial charge on any atom is -0.394 e. The Morgan fingerprint density at radius 3 is 0.721 bits per heavy atom. The summed E-state index contributed by atoms with van der Waals surface area (Å²) in [5.41, 5.74) is 0. The van der Waals surface area contributed by atoms with Gasteiger partial charge in [0.05, 0.1) is 26.4 Å². The lowest BCUT2D eigenvalue weighted by atomic mass is 9.97. The first-order valence-electron chi connectivity index (χ1n) is 18.4. The highest BCUT2D eigenvalue weighted by Gasteiger charge is 2.47. The standard InChI is InChI=1S/C8H15NO7.3C8H15NO6/c10-1-3-6(13)7(14)5(8(15)16-3)9-4(12)2-11;3*1-3(11)9-5-7(13)6(12)4(2-10)15-8(5)14/h3,5-8,10-11,13-15H,1-2H2,(H,9,12);3*4-8,10,12-14H,2H2,1H3,(H,9,11)/t3-,5-,6-,7-,8?;4-,5+,6-,7-,8?;4-,5-,6+,7-,8?;4-,5-,6-,7-,8?/m1111/s1. The van der Waals surface area contributed by atoms with Crippen molar-refractivity contribution in [1.82, 2.24) is 21.3 Å². The van der Waals surface area contributed by atoms with Crippen LogP contribution in [0.3, 0.4) is 0 Å². The Labute approximate surface area is 346 Å². The van der Waals surface area contributed by atoms with E-state index in [-0.39, 0.29) is 0 Å². The van der Waals surface area contributed by atoms with Crippen LogP contribution in [0.4, 0.5) is 0 Å². The quantitative estimate of drug-likeness (QED) is 0.102. The fourth-order valence-electron chi connectivity index (χ4n) is 5.95. The molecule has 0 aromatic heterocycles. The lowest BCUT2D eigenvalue weighted by Gasteiger charge is -2.40. The summed E-state index contributed by atoms with van der Waals surface area (Å²) in [5.74, 6) is -2.20. The molecule has 4 amide bonds. The van der Waals surface area contributed by atoms with Gasteiger partial charge in [-0.15, -0.1) is 0 Å². The Kier molecular flexibility index (Phi) is 24.5. The number of aliphatic hydroxyl groups excluding tert-OH is 17. The van der Waals surface area contributed by atoms with E-state index in [0.29, 0.717) is 0 Å². The molecule has 358 valence electrons. The Morgan fingerprint density at radius 2 is 0.557 bits per heavy atom. The van der Waals surface area contributed by atoms with Gasteiger partial charge in [0.1, 0.15) is 104 Å². The van der Waals surface area contributed by atoms with Crippen molar-refractivity contribution in [2.45, 2.75) is 143 Å². The second-order valence-corrected chi connectivity index (χ2v) is 13.8. The molecular weight excluding hydrogens is 840 g/mol. The summed E-state index contributed by atoms with van der Waals surface area (Å²) >= 11 is 0. The first-order valence-corrected chi connectivity index (χ1v) is 18.4. The number of amides is 4. The molecule has 4 fully saturated rings. The molecule has 0 spiro atoms. The van der Waals surface area contributed by atoms with E-state index in [0.717, 1.165) is 0 Å². The molecule has 4 saturated heterocycles. The second-order valence-electron chi connectivity index (χ2n) is 13.8. The molecule has 61 heavy (non-hydrogen) atoms. The number of hydrogen-bond donors (Lipinski definition) is 21. The normalized spacial score (nSPS) is 40.8. The molecule has 4 aliphatic heterocycles. The highest BCUT2D eigenvalue weighted by atomic mass is 16.6. The third kappa shape index (κ3) is 16.3. The maximum Gasteiger partial charge on any atom is 0.246 e. The Balaban J connectivity index is 0.000000407. The van der Waals surface area contributed by atoms with Crippen molar-refractivity contribution < 1.29 is 125 Å². The summed E-state index contributed by atoms with van der Waals surface area (Å²) in [7, 11) is 0. The third-order valence-corrected chi connectivity index (χ3v) is 9.18. The van der Waals surface area contributed by atoms with E-state index in [1.165, 1.54) is 20.8 Å². The lowest BCUT2D eigenvalue weighted by molar-refractivity contribution is -0.254. The van der Waals surface area contributed by atoms with Crippen LogP contribution >= 0.6 is 0 Å². The molecule has 0 saturated carbocycles. The van der Waals surface area contributed by atoms with Crippen LogP contribution in [-0.4, -0.2) is 266 Å². The monoisotopic (exact) mass is 900 g/mol. The van der Waals surface area contributed by atoms with Crippen LogP contribution in [0.25, 0.3) is 0 Å². The van der Waals surface area contributed by atoms with E-state index in [4.69, 9.17) is 44.5 Å². The molecule has 0 aromatic rings. The summed E-state index contributed by atoms with van der Waals surface area (Å²) in [5, 5.41) is 166. The predicted molar refractivity (Wildman–Crippen MR) is 192 cm³/mol.